The van der Waals surface area contributed by atoms with Gasteiger partial charge in [-0.05, 0) is 27.7 Å². The summed E-state index contributed by atoms with van der Waals surface area (Å²) in [6, 6.07) is 13.9. The molecule has 0 radical (unpaired) electrons. The molecule has 0 saturated carbocycles. The number of alkyl carbamates (subject to hydrolysis) is 1. The zero-order valence-electron chi connectivity index (χ0n) is 19.5. The number of carbonyl (C=O) groups is 3. The topological polar surface area (TPSA) is 116 Å². The molecular weight excluding hydrogens is 436 g/mol. The van der Waals surface area contributed by atoms with Gasteiger partial charge in [0.2, 0.25) is 5.91 Å². The number of β-amino-alcohol motifs (C(OH)–C–C–N with tert-alkyl or cyclic N) is 1. The smallest absolute Gasteiger partial charge is 0.407 e. The van der Waals surface area contributed by atoms with E-state index in [-0.39, 0.29) is 25.5 Å². The van der Waals surface area contributed by atoms with Crippen LogP contribution in [-0.2, 0) is 14.3 Å². The van der Waals surface area contributed by atoms with Gasteiger partial charge in [-0.15, -0.1) is 0 Å². The molecule has 1 fully saturated rings. The van der Waals surface area contributed by atoms with Crippen LogP contribution in [0.5, 0.6) is 0 Å². The van der Waals surface area contributed by atoms with Gasteiger partial charge in [0.25, 0.3) is 0 Å². The Bertz CT molecular complexity index is 1060. The number of likely N-dealkylation sites (tertiary alicyclic amines) is 1. The van der Waals surface area contributed by atoms with Crippen LogP contribution in [0.3, 0.4) is 0 Å². The Labute approximate surface area is 198 Å². The Morgan fingerprint density at radius 1 is 1.06 bits per heavy atom. The molecule has 1 saturated heterocycles. The zero-order chi connectivity index (χ0) is 24.6. The molecule has 180 valence electrons. The molecule has 8 heteroatoms. The van der Waals surface area contributed by atoms with Crippen LogP contribution in [0.4, 0.5) is 4.79 Å². The van der Waals surface area contributed by atoms with Gasteiger partial charge in [-0.3, -0.25) is 4.79 Å². The Morgan fingerprint density at radius 2 is 1.62 bits per heavy atom. The number of nitrogens with one attached hydrogen (secondary N) is 1. The standard InChI is InChI=1S/C26H30N2O6/c1-26(2,3)22(23(30)28-13-15(29)12-21(28)24(31)32)27-25(33)34-14-20-18-10-6-4-8-16(18)17-9-5-7-11-19(17)20/h4-11,15,20-22,29H,12-14H2,1-3H3,(H,27,33)(H,31,32)/t15-,21-,22+/m0/s1. The molecule has 8 nitrogen and oxygen atoms in total. The third-order valence-electron chi connectivity index (χ3n) is 6.57. The van der Waals surface area contributed by atoms with Gasteiger partial charge in [-0.1, -0.05) is 69.3 Å². The molecule has 2 amide bonds. The van der Waals surface area contributed by atoms with Gasteiger partial charge >= 0.3 is 12.1 Å². The first-order chi connectivity index (χ1) is 16.1. The monoisotopic (exact) mass is 466 g/mol. The number of carbonyl (C=O) groups excluding carboxylic acids is 2. The van der Waals surface area contributed by atoms with Crippen LogP contribution in [0.2, 0.25) is 0 Å². The minimum atomic E-state index is -1.18. The molecular formula is C26H30N2O6. The molecule has 1 heterocycles. The van der Waals surface area contributed by atoms with Crippen LogP contribution >= 0.6 is 0 Å². The summed E-state index contributed by atoms with van der Waals surface area (Å²) in [6.07, 6.45) is -1.70. The highest BCUT2D eigenvalue weighted by Crippen LogP contribution is 2.44. The van der Waals surface area contributed by atoms with Crippen molar-refractivity contribution in [1.29, 1.82) is 0 Å². The van der Waals surface area contributed by atoms with Crippen molar-refractivity contribution in [2.75, 3.05) is 13.2 Å². The average molecular weight is 467 g/mol. The van der Waals surface area contributed by atoms with Crippen LogP contribution in [0, 0.1) is 5.41 Å². The zero-order valence-corrected chi connectivity index (χ0v) is 19.5. The maximum atomic E-state index is 13.3. The summed E-state index contributed by atoms with van der Waals surface area (Å²) in [5.41, 5.74) is 3.68. The first-order valence-corrected chi connectivity index (χ1v) is 11.4. The van der Waals surface area contributed by atoms with Gasteiger partial charge < -0.3 is 25.2 Å². The predicted octanol–water partition coefficient (Wildman–Crippen LogP) is 2.99. The molecule has 0 unspecified atom stereocenters. The molecule has 4 rings (SSSR count). The molecule has 2 aliphatic rings. The van der Waals surface area contributed by atoms with Gasteiger partial charge in [0.15, 0.2) is 0 Å². The maximum absolute atomic E-state index is 13.3. The number of hydrogen-bond acceptors (Lipinski definition) is 5. The van der Waals surface area contributed by atoms with E-state index in [2.05, 4.69) is 5.32 Å². The molecule has 1 aliphatic heterocycles. The Kier molecular flexibility index (Phi) is 6.36. The van der Waals surface area contributed by atoms with E-state index in [1.54, 1.807) is 20.8 Å². The van der Waals surface area contributed by atoms with E-state index in [1.807, 2.05) is 48.5 Å². The fourth-order valence-electron chi connectivity index (χ4n) is 4.86. The number of carboxylic acid groups (broad SMARTS) is 1. The number of aliphatic carboxylic acids is 1. The van der Waals surface area contributed by atoms with Crippen molar-refractivity contribution in [1.82, 2.24) is 10.2 Å². The van der Waals surface area contributed by atoms with Crippen molar-refractivity contribution in [2.24, 2.45) is 5.41 Å². The van der Waals surface area contributed by atoms with E-state index in [0.29, 0.717) is 0 Å². The molecule has 0 spiro atoms. The van der Waals surface area contributed by atoms with Gasteiger partial charge in [0.1, 0.15) is 18.7 Å². The number of carboxylic acids is 1. The van der Waals surface area contributed by atoms with E-state index in [0.717, 1.165) is 27.2 Å². The van der Waals surface area contributed by atoms with E-state index >= 15 is 0 Å². The van der Waals surface area contributed by atoms with Gasteiger partial charge in [-0.25, -0.2) is 9.59 Å². The Hall–Kier alpha value is -3.39. The van der Waals surface area contributed by atoms with Gasteiger partial charge in [0, 0.05) is 18.9 Å². The molecule has 3 N–H and O–H groups in total. The summed E-state index contributed by atoms with van der Waals surface area (Å²) in [7, 11) is 0. The summed E-state index contributed by atoms with van der Waals surface area (Å²) in [5.74, 6) is -1.85. The van der Waals surface area contributed by atoms with Crippen molar-refractivity contribution >= 4 is 18.0 Å². The fraction of sp³-hybridized carbons (Fsp3) is 0.423. The van der Waals surface area contributed by atoms with Crippen LogP contribution < -0.4 is 5.32 Å². The van der Waals surface area contributed by atoms with Crippen LogP contribution in [0.15, 0.2) is 48.5 Å². The number of aliphatic hydroxyl groups is 1. The summed E-state index contributed by atoms with van der Waals surface area (Å²) in [6.45, 7) is 5.35. The lowest BCUT2D eigenvalue weighted by atomic mass is 9.85. The Balaban J connectivity index is 1.48. The minimum Gasteiger partial charge on any atom is -0.480 e. The third kappa shape index (κ3) is 4.50. The van der Waals surface area contributed by atoms with E-state index in [9.17, 15) is 24.6 Å². The second-order valence-electron chi connectivity index (χ2n) is 10.0. The Morgan fingerprint density at radius 3 is 2.15 bits per heavy atom. The van der Waals surface area contributed by atoms with Crippen LogP contribution in [-0.4, -0.2) is 64.4 Å². The summed E-state index contributed by atoms with van der Waals surface area (Å²) < 4.78 is 5.59. The second kappa shape index (κ2) is 9.10. The lowest BCUT2D eigenvalue weighted by Crippen LogP contribution is -2.57. The van der Waals surface area contributed by atoms with Gasteiger partial charge in [-0.2, -0.15) is 0 Å². The van der Waals surface area contributed by atoms with E-state index in [4.69, 9.17) is 4.74 Å². The summed E-state index contributed by atoms with van der Waals surface area (Å²) in [4.78, 5) is 38.8. The van der Waals surface area contributed by atoms with Crippen LogP contribution in [0.25, 0.3) is 11.1 Å². The summed E-state index contributed by atoms with van der Waals surface area (Å²) in [5, 5.41) is 22.0. The predicted molar refractivity (Wildman–Crippen MR) is 125 cm³/mol. The molecule has 2 aromatic carbocycles. The molecule has 0 bridgehead atoms. The highest BCUT2D eigenvalue weighted by Gasteiger charge is 2.44. The van der Waals surface area contributed by atoms with E-state index < -0.39 is 41.6 Å². The van der Waals surface area contributed by atoms with Crippen LogP contribution in [0.1, 0.15) is 44.2 Å². The molecule has 2 aromatic rings. The van der Waals surface area contributed by atoms with Crippen molar-refractivity contribution in [3.63, 3.8) is 0 Å². The first kappa shape index (κ1) is 23.8. The fourth-order valence-corrected chi connectivity index (χ4v) is 4.86. The molecule has 0 aromatic heterocycles. The number of nitrogens with zero attached hydrogens (tertiary/aromatic N) is 1. The van der Waals surface area contributed by atoms with Crippen molar-refractivity contribution in [3.05, 3.63) is 59.7 Å². The largest absolute Gasteiger partial charge is 0.480 e. The SMILES string of the molecule is CC(C)(C)[C@H](NC(=O)OCC1c2ccccc2-c2ccccc21)C(=O)N1C[C@@H](O)C[C@H]1C(=O)O. The highest BCUT2D eigenvalue weighted by atomic mass is 16.5. The minimum absolute atomic E-state index is 0.0388. The number of hydrogen-bond donors (Lipinski definition) is 3. The molecule has 1 aliphatic carbocycles. The summed E-state index contributed by atoms with van der Waals surface area (Å²) >= 11 is 0. The third-order valence-corrected chi connectivity index (χ3v) is 6.57. The van der Waals surface area contributed by atoms with E-state index in [1.165, 1.54) is 0 Å². The van der Waals surface area contributed by atoms with Crippen molar-refractivity contribution in [2.45, 2.75) is 51.3 Å². The molecule has 3 atom stereocenters. The number of rotatable bonds is 5. The molecule has 34 heavy (non-hydrogen) atoms. The van der Waals surface area contributed by atoms with Gasteiger partial charge in [0.05, 0.1) is 6.10 Å². The second-order valence-corrected chi connectivity index (χ2v) is 10.0. The van der Waals surface area contributed by atoms with Crippen molar-refractivity contribution < 1.29 is 29.3 Å². The van der Waals surface area contributed by atoms with Crippen molar-refractivity contribution in [3.8, 4) is 11.1 Å². The number of aliphatic hydroxyl groups excluding tert-OH is 1. The number of benzene rings is 2. The average Bonchev–Trinajstić information content (AvgIpc) is 3.33. The lowest BCUT2D eigenvalue weighted by Gasteiger charge is -2.34. The lowest BCUT2D eigenvalue weighted by molar-refractivity contribution is -0.150. The normalized spacial score (nSPS) is 20.4. The quantitative estimate of drug-likeness (QED) is 0.624. The first-order valence-electron chi connectivity index (χ1n) is 11.4. The number of ether oxygens (including phenoxy) is 1. The maximum Gasteiger partial charge on any atom is 0.407 e. The number of amides is 2. The number of fused-ring (bicyclic) bond motifs is 3. The highest BCUT2D eigenvalue weighted by molar-refractivity contribution is 5.90.